The van der Waals surface area contributed by atoms with Crippen LogP contribution in [0.15, 0.2) is 29.8 Å². The van der Waals surface area contributed by atoms with Crippen LogP contribution in [0.4, 0.5) is 0 Å². The molecule has 37 heavy (non-hydrogen) atoms. The highest BCUT2D eigenvalue weighted by molar-refractivity contribution is 5.89. The van der Waals surface area contributed by atoms with Crippen LogP contribution < -0.4 is 0 Å². The first-order chi connectivity index (χ1) is 18.1. The zero-order chi connectivity index (χ0) is 25.8. The van der Waals surface area contributed by atoms with Crippen molar-refractivity contribution in [3.63, 3.8) is 0 Å². The van der Waals surface area contributed by atoms with Crippen molar-refractivity contribution in [2.75, 3.05) is 0 Å². The molecule has 200 valence electrons. The first kappa shape index (κ1) is 26.8. The molecular weight excluding hydrogens is 444 g/mol. The van der Waals surface area contributed by atoms with Gasteiger partial charge in [0.1, 0.15) is 0 Å². The smallest absolute Gasteiger partial charge is 0.0263 e. The molecule has 2 aromatic carbocycles. The maximum Gasteiger partial charge on any atom is 0.0263 e. The van der Waals surface area contributed by atoms with Crippen LogP contribution in [0.1, 0.15) is 150 Å². The Morgan fingerprint density at radius 2 is 1.32 bits per heavy atom. The van der Waals surface area contributed by atoms with E-state index < -0.39 is 0 Å². The summed E-state index contributed by atoms with van der Waals surface area (Å²) in [6, 6.07) is 9.78. The highest BCUT2D eigenvalue weighted by atomic mass is 14.5. The van der Waals surface area contributed by atoms with Gasteiger partial charge in [0.25, 0.3) is 0 Å². The first-order valence-electron chi connectivity index (χ1n) is 16.1. The van der Waals surface area contributed by atoms with E-state index in [1.54, 1.807) is 44.5 Å². The first-order valence-corrected chi connectivity index (χ1v) is 16.1. The Morgan fingerprint density at radius 3 is 2.05 bits per heavy atom. The number of hydrogen-bond acceptors (Lipinski definition) is 0. The second-order valence-corrected chi connectivity index (χ2v) is 12.9. The molecule has 0 radical (unpaired) electrons. The minimum Gasteiger partial charge on any atom is -0.0684 e. The minimum atomic E-state index is 0.241. The van der Waals surface area contributed by atoms with Gasteiger partial charge in [0.05, 0.1) is 0 Å². The van der Waals surface area contributed by atoms with Crippen LogP contribution >= 0.6 is 0 Å². The number of unbranched alkanes of at least 4 members (excludes halogenated alkanes) is 10. The van der Waals surface area contributed by atoms with Crippen molar-refractivity contribution in [3.05, 3.63) is 63.2 Å². The van der Waals surface area contributed by atoms with Crippen LogP contribution in [-0.4, -0.2) is 0 Å². The van der Waals surface area contributed by atoms with Gasteiger partial charge in [0.2, 0.25) is 0 Å². The fourth-order valence-electron chi connectivity index (χ4n) is 8.22. The summed E-state index contributed by atoms with van der Waals surface area (Å²) in [5.74, 6) is 0.834. The molecule has 0 N–H and O–H groups in total. The van der Waals surface area contributed by atoms with Gasteiger partial charge in [0.15, 0.2) is 0 Å². The standard InChI is InChI=1S/C37H52/c1-5-7-9-11-13-15-17-29-23-33-27(3)19-21-31-32-22-20-28(4)34-24-30(18-16-14-12-10-8-6-2)26-37(25-29,35(31)33)36(32)34/h19-23,30H,5-18,24-26H2,1-4H3. The Morgan fingerprint density at radius 1 is 0.703 bits per heavy atom. The molecule has 2 aromatic rings. The molecule has 2 unspecified atom stereocenters. The molecule has 1 spiro atoms. The van der Waals surface area contributed by atoms with Crippen molar-refractivity contribution >= 4 is 6.08 Å². The van der Waals surface area contributed by atoms with Gasteiger partial charge >= 0.3 is 0 Å². The summed E-state index contributed by atoms with van der Waals surface area (Å²) in [6.45, 7) is 9.39. The topological polar surface area (TPSA) is 0 Å². The third-order valence-corrected chi connectivity index (χ3v) is 10.1. The number of fused-ring (bicyclic) bond motifs is 1. The summed E-state index contributed by atoms with van der Waals surface area (Å²) in [7, 11) is 0. The molecule has 0 heterocycles. The fraction of sp³-hybridized carbons (Fsp3) is 0.622. The van der Waals surface area contributed by atoms with Crippen LogP contribution in [0.3, 0.4) is 0 Å². The van der Waals surface area contributed by atoms with E-state index in [0.29, 0.717) is 0 Å². The lowest BCUT2D eigenvalue weighted by atomic mass is 9.58. The van der Waals surface area contributed by atoms with Crippen molar-refractivity contribution < 1.29 is 0 Å². The van der Waals surface area contributed by atoms with Gasteiger partial charge in [0, 0.05) is 5.41 Å². The van der Waals surface area contributed by atoms with Crippen molar-refractivity contribution in [1.82, 2.24) is 0 Å². The largest absolute Gasteiger partial charge is 0.0684 e. The predicted octanol–water partition coefficient (Wildman–Crippen LogP) is 11.4. The van der Waals surface area contributed by atoms with E-state index in [1.165, 1.54) is 115 Å². The van der Waals surface area contributed by atoms with Crippen molar-refractivity contribution in [2.45, 2.75) is 142 Å². The maximum atomic E-state index is 2.64. The molecule has 3 aliphatic carbocycles. The van der Waals surface area contributed by atoms with Gasteiger partial charge in [-0.2, -0.15) is 0 Å². The average Bonchev–Trinajstić information content (AvgIpc) is 3.18. The van der Waals surface area contributed by atoms with Gasteiger partial charge in [-0.15, -0.1) is 0 Å². The molecule has 5 rings (SSSR count). The highest BCUT2D eigenvalue weighted by Gasteiger charge is 2.51. The van der Waals surface area contributed by atoms with Crippen LogP contribution in [0.5, 0.6) is 0 Å². The molecule has 3 aliphatic rings. The summed E-state index contributed by atoms with van der Waals surface area (Å²) in [5.41, 5.74) is 14.9. The minimum absolute atomic E-state index is 0.241. The fourth-order valence-corrected chi connectivity index (χ4v) is 8.22. The SMILES string of the molecule is CCCCCCCCC1=Cc2c(C)ccc3c2C2(C1)CC(CCCCCCCC)Cc1c(C)ccc-3c12. The molecule has 0 saturated carbocycles. The zero-order valence-corrected chi connectivity index (χ0v) is 24.5. The van der Waals surface area contributed by atoms with Crippen LogP contribution in [0, 0.1) is 19.8 Å². The van der Waals surface area contributed by atoms with E-state index in [1.807, 2.05) is 0 Å². The molecule has 0 aromatic heterocycles. The van der Waals surface area contributed by atoms with Gasteiger partial charge in [-0.25, -0.2) is 0 Å². The number of allylic oxidation sites excluding steroid dienone is 1. The van der Waals surface area contributed by atoms with E-state index >= 15 is 0 Å². The summed E-state index contributed by atoms with van der Waals surface area (Å²) >= 11 is 0. The number of benzene rings is 2. The van der Waals surface area contributed by atoms with E-state index in [9.17, 15) is 0 Å². The van der Waals surface area contributed by atoms with Gasteiger partial charge < -0.3 is 0 Å². The second-order valence-electron chi connectivity index (χ2n) is 12.9. The lowest BCUT2D eigenvalue weighted by Crippen LogP contribution is -2.37. The Kier molecular flexibility index (Phi) is 8.63. The van der Waals surface area contributed by atoms with Gasteiger partial charge in [-0.05, 0) is 96.4 Å². The molecule has 0 saturated heterocycles. The predicted molar refractivity (Wildman–Crippen MR) is 163 cm³/mol. The number of aryl methyl sites for hydroxylation is 2. The van der Waals surface area contributed by atoms with Gasteiger partial charge in [-0.1, -0.05) is 127 Å². The quantitative estimate of drug-likeness (QED) is 0.228. The molecule has 0 fully saturated rings. The van der Waals surface area contributed by atoms with E-state index in [0.717, 1.165) is 5.92 Å². The summed E-state index contributed by atoms with van der Waals surface area (Å²) in [5, 5.41) is 0. The number of hydrogen-bond donors (Lipinski definition) is 0. The van der Waals surface area contributed by atoms with Crippen LogP contribution in [-0.2, 0) is 11.8 Å². The summed E-state index contributed by atoms with van der Waals surface area (Å²) in [4.78, 5) is 0. The molecule has 2 atom stereocenters. The Bertz CT molecular complexity index is 1120. The van der Waals surface area contributed by atoms with E-state index in [-0.39, 0.29) is 5.41 Å². The van der Waals surface area contributed by atoms with E-state index in [4.69, 9.17) is 0 Å². The molecule has 0 aliphatic heterocycles. The average molecular weight is 497 g/mol. The Balaban J connectivity index is 1.42. The molecule has 0 bridgehead atoms. The van der Waals surface area contributed by atoms with Gasteiger partial charge in [-0.3, -0.25) is 0 Å². The van der Waals surface area contributed by atoms with Crippen LogP contribution in [0.25, 0.3) is 17.2 Å². The monoisotopic (exact) mass is 496 g/mol. The highest BCUT2D eigenvalue weighted by Crippen LogP contribution is 2.62. The zero-order valence-electron chi connectivity index (χ0n) is 24.5. The molecular formula is C37H52. The van der Waals surface area contributed by atoms with Crippen molar-refractivity contribution in [2.24, 2.45) is 5.92 Å². The lowest BCUT2D eigenvalue weighted by Gasteiger charge is -2.45. The van der Waals surface area contributed by atoms with Crippen molar-refractivity contribution in [3.8, 4) is 11.1 Å². The maximum absolute atomic E-state index is 2.64. The molecule has 0 amide bonds. The Labute approximate surface area is 228 Å². The Hall–Kier alpha value is -1.82. The second kappa shape index (κ2) is 11.9. The summed E-state index contributed by atoms with van der Waals surface area (Å²) in [6.07, 6.45) is 26.1. The van der Waals surface area contributed by atoms with Crippen LogP contribution in [0.2, 0.25) is 0 Å². The normalized spacial score (nSPS) is 21.1. The number of rotatable bonds is 14. The molecule has 0 nitrogen and oxygen atoms in total. The third-order valence-electron chi connectivity index (χ3n) is 10.1. The third kappa shape index (κ3) is 5.24. The lowest BCUT2D eigenvalue weighted by molar-refractivity contribution is 0.304. The summed E-state index contributed by atoms with van der Waals surface area (Å²) < 4.78 is 0. The van der Waals surface area contributed by atoms with Crippen molar-refractivity contribution in [1.29, 1.82) is 0 Å². The molecule has 0 heteroatoms. The van der Waals surface area contributed by atoms with E-state index in [2.05, 4.69) is 58.0 Å².